The van der Waals surface area contributed by atoms with Crippen LogP contribution in [0.15, 0.2) is 18.2 Å². The molecule has 1 fully saturated rings. The molecule has 1 aromatic rings. The van der Waals surface area contributed by atoms with Crippen LogP contribution in [0.4, 0.5) is 0 Å². The Morgan fingerprint density at radius 2 is 2.35 bits per heavy atom. The van der Waals surface area contributed by atoms with E-state index in [0.29, 0.717) is 17.4 Å². The number of piperidine rings is 1. The number of ketones is 1. The Kier molecular flexibility index (Phi) is 4.19. The van der Waals surface area contributed by atoms with Gasteiger partial charge < -0.3 is 5.32 Å². The first-order valence-electron chi connectivity index (χ1n) is 6.17. The fraction of sp³-hybridized carbons (Fsp3) is 0.500. The van der Waals surface area contributed by atoms with Crippen molar-refractivity contribution in [1.82, 2.24) is 5.32 Å². The number of carbonyl (C=O) groups excluding carboxylic acids is 1. The van der Waals surface area contributed by atoms with Gasteiger partial charge >= 0.3 is 0 Å². The second kappa shape index (κ2) is 5.65. The molecule has 1 atom stereocenters. The van der Waals surface area contributed by atoms with Crippen molar-refractivity contribution in [2.45, 2.75) is 26.2 Å². The SMILES string of the molecule is Cc1ccc(C(=O)CC2CCCNC2)cc1Cl. The lowest BCUT2D eigenvalue weighted by molar-refractivity contribution is 0.0954. The van der Waals surface area contributed by atoms with Crippen LogP contribution < -0.4 is 5.32 Å². The number of Topliss-reactive ketones (excluding diaryl/α,β-unsaturated/α-hetero) is 1. The van der Waals surface area contributed by atoms with Crippen LogP contribution in [0.3, 0.4) is 0 Å². The topological polar surface area (TPSA) is 29.1 Å². The van der Waals surface area contributed by atoms with Crippen LogP contribution in [0.1, 0.15) is 35.2 Å². The van der Waals surface area contributed by atoms with Crippen molar-refractivity contribution in [2.24, 2.45) is 5.92 Å². The number of carbonyl (C=O) groups is 1. The summed E-state index contributed by atoms with van der Waals surface area (Å²) in [4.78, 5) is 12.1. The molecule has 3 heteroatoms. The van der Waals surface area contributed by atoms with Gasteiger partial charge in [-0.05, 0) is 50.4 Å². The number of hydrogen-bond acceptors (Lipinski definition) is 2. The van der Waals surface area contributed by atoms with Gasteiger partial charge in [0.05, 0.1) is 0 Å². The van der Waals surface area contributed by atoms with Gasteiger partial charge in [-0.3, -0.25) is 4.79 Å². The number of aryl methyl sites for hydroxylation is 1. The Bertz CT molecular complexity index is 411. The molecule has 1 saturated heterocycles. The molecule has 1 N–H and O–H groups in total. The van der Waals surface area contributed by atoms with E-state index in [2.05, 4.69) is 5.32 Å². The predicted octanol–water partition coefficient (Wildman–Crippen LogP) is 3.22. The van der Waals surface area contributed by atoms with E-state index in [1.54, 1.807) is 6.07 Å². The fourth-order valence-corrected chi connectivity index (χ4v) is 2.43. The quantitative estimate of drug-likeness (QED) is 0.836. The number of rotatable bonds is 3. The highest BCUT2D eigenvalue weighted by Crippen LogP contribution is 2.21. The Labute approximate surface area is 107 Å². The molecule has 1 aliphatic rings. The lowest BCUT2D eigenvalue weighted by Gasteiger charge is -2.21. The summed E-state index contributed by atoms with van der Waals surface area (Å²) in [6.45, 7) is 3.99. The van der Waals surface area contributed by atoms with Gasteiger partial charge in [-0.15, -0.1) is 0 Å². The lowest BCUT2D eigenvalue weighted by atomic mass is 9.92. The lowest BCUT2D eigenvalue weighted by Crippen LogP contribution is -2.31. The van der Waals surface area contributed by atoms with E-state index in [1.165, 1.54) is 6.42 Å². The molecule has 2 nitrogen and oxygen atoms in total. The molecule has 1 aromatic carbocycles. The number of nitrogens with one attached hydrogen (secondary N) is 1. The number of benzene rings is 1. The molecule has 1 unspecified atom stereocenters. The van der Waals surface area contributed by atoms with Gasteiger partial charge in [-0.25, -0.2) is 0 Å². The van der Waals surface area contributed by atoms with Gasteiger partial charge in [0.1, 0.15) is 0 Å². The van der Waals surface area contributed by atoms with Crippen molar-refractivity contribution in [3.05, 3.63) is 34.3 Å². The van der Waals surface area contributed by atoms with Crippen LogP contribution in [-0.2, 0) is 0 Å². The van der Waals surface area contributed by atoms with Crippen LogP contribution in [-0.4, -0.2) is 18.9 Å². The van der Waals surface area contributed by atoms with Gasteiger partial charge in [0.25, 0.3) is 0 Å². The molecule has 0 aliphatic carbocycles. The van der Waals surface area contributed by atoms with Crippen molar-refractivity contribution >= 4 is 17.4 Å². The van der Waals surface area contributed by atoms with Gasteiger partial charge in [0.15, 0.2) is 5.78 Å². The Hall–Kier alpha value is -0.860. The van der Waals surface area contributed by atoms with Crippen molar-refractivity contribution in [3.63, 3.8) is 0 Å². The third kappa shape index (κ3) is 3.30. The highest BCUT2D eigenvalue weighted by molar-refractivity contribution is 6.31. The van der Waals surface area contributed by atoms with E-state index in [4.69, 9.17) is 11.6 Å². The molecule has 0 amide bonds. The second-order valence-corrected chi connectivity index (χ2v) is 5.21. The normalized spacial score (nSPS) is 20.2. The molecule has 0 radical (unpaired) electrons. The van der Waals surface area contributed by atoms with Gasteiger partial charge in [-0.2, -0.15) is 0 Å². The summed E-state index contributed by atoms with van der Waals surface area (Å²) in [7, 11) is 0. The van der Waals surface area contributed by atoms with Crippen LogP contribution in [0.2, 0.25) is 5.02 Å². The maximum Gasteiger partial charge on any atom is 0.163 e. The average Bonchev–Trinajstić information content (AvgIpc) is 2.34. The maximum absolute atomic E-state index is 12.1. The summed E-state index contributed by atoms with van der Waals surface area (Å²) in [6.07, 6.45) is 2.96. The molecule has 17 heavy (non-hydrogen) atoms. The number of hydrogen-bond donors (Lipinski definition) is 1. The minimum Gasteiger partial charge on any atom is -0.316 e. The van der Waals surface area contributed by atoms with E-state index >= 15 is 0 Å². The smallest absolute Gasteiger partial charge is 0.163 e. The van der Waals surface area contributed by atoms with Gasteiger partial charge in [-0.1, -0.05) is 23.7 Å². The summed E-state index contributed by atoms with van der Waals surface area (Å²) >= 11 is 6.04. The molecule has 0 saturated carbocycles. The van der Waals surface area contributed by atoms with Gasteiger partial charge in [0.2, 0.25) is 0 Å². The highest BCUT2D eigenvalue weighted by Gasteiger charge is 2.17. The zero-order valence-electron chi connectivity index (χ0n) is 10.1. The first-order chi connectivity index (χ1) is 8.16. The number of halogens is 1. The molecule has 0 spiro atoms. The molecule has 2 rings (SSSR count). The molecule has 92 valence electrons. The standard InChI is InChI=1S/C14H18ClNO/c1-10-4-5-12(8-13(10)15)14(17)7-11-3-2-6-16-9-11/h4-5,8,11,16H,2-3,6-7,9H2,1H3. The van der Waals surface area contributed by atoms with Crippen LogP contribution in [0.25, 0.3) is 0 Å². The summed E-state index contributed by atoms with van der Waals surface area (Å²) in [5.41, 5.74) is 1.76. The van der Waals surface area contributed by atoms with Crippen LogP contribution >= 0.6 is 11.6 Å². The zero-order chi connectivity index (χ0) is 12.3. The molecule has 1 heterocycles. The molecule has 1 aliphatic heterocycles. The van der Waals surface area contributed by atoms with Crippen molar-refractivity contribution in [3.8, 4) is 0 Å². The molecular formula is C14H18ClNO. The zero-order valence-corrected chi connectivity index (χ0v) is 10.9. The Morgan fingerprint density at radius 1 is 1.53 bits per heavy atom. The second-order valence-electron chi connectivity index (χ2n) is 4.80. The third-order valence-corrected chi connectivity index (χ3v) is 3.77. The first-order valence-corrected chi connectivity index (χ1v) is 6.54. The minimum atomic E-state index is 0.209. The van der Waals surface area contributed by atoms with E-state index in [1.807, 2.05) is 19.1 Å². The first kappa shape index (κ1) is 12.6. The fourth-order valence-electron chi connectivity index (χ4n) is 2.24. The average molecular weight is 252 g/mol. The molecular weight excluding hydrogens is 234 g/mol. The predicted molar refractivity (Wildman–Crippen MR) is 70.7 cm³/mol. The Morgan fingerprint density at radius 3 is 3.00 bits per heavy atom. The van der Waals surface area contributed by atoms with Crippen molar-refractivity contribution in [1.29, 1.82) is 0 Å². The summed E-state index contributed by atoms with van der Waals surface area (Å²) < 4.78 is 0. The van der Waals surface area contributed by atoms with Crippen LogP contribution in [0, 0.1) is 12.8 Å². The van der Waals surface area contributed by atoms with E-state index in [0.717, 1.165) is 30.6 Å². The monoisotopic (exact) mass is 251 g/mol. The minimum absolute atomic E-state index is 0.209. The molecule has 0 bridgehead atoms. The largest absolute Gasteiger partial charge is 0.316 e. The van der Waals surface area contributed by atoms with E-state index < -0.39 is 0 Å². The third-order valence-electron chi connectivity index (χ3n) is 3.37. The highest BCUT2D eigenvalue weighted by atomic mass is 35.5. The van der Waals surface area contributed by atoms with Gasteiger partial charge in [0, 0.05) is 17.0 Å². The summed E-state index contributed by atoms with van der Waals surface area (Å²) in [5, 5.41) is 4.01. The maximum atomic E-state index is 12.1. The van der Waals surface area contributed by atoms with E-state index in [9.17, 15) is 4.79 Å². The van der Waals surface area contributed by atoms with E-state index in [-0.39, 0.29) is 5.78 Å². The van der Waals surface area contributed by atoms with Crippen molar-refractivity contribution in [2.75, 3.05) is 13.1 Å². The Balaban J connectivity index is 2.01. The molecule has 0 aromatic heterocycles. The summed E-state index contributed by atoms with van der Waals surface area (Å²) in [6, 6.07) is 5.57. The summed E-state index contributed by atoms with van der Waals surface area (Å²) in [5.74, 6) is 0.692. The van der Waals surface area contributed by atoms with Crippen molar-refractivity contribution < 1.29 is 4.79 Å². The van der Waals surface area contributed by atoms with Crippen LogP contribution in [0.5, 0.6) is 0 Å².